The Morgan fingerprint density at radius 2 is 0.922 bits per heavy atom. The van der Waals surface area contributed by atoms with Gasteiger partial charge in [-0.25, -0.2) is 0 Å². The van der Waals surface area contributed by atoms with Crippen LogP contribution < -0.4 is 5.32 Å². The standard InChI is InChI=1S/C45H85NO5/c1-3-5-7-9-11-13-17-21-25-29-33-37-43(48)42(41-47)46-44(49)38-34-30-26-22-19-15-16-20-24-28-32-36-40-51-45(50)39-35-31-27-23-18-14-12-10-8-6-4-2/h16,20,33,37,42-43,47-48H,3-15,17-19,21-32,34-36,38-41H2,1-2H3,(H,46,49)/b20-16-,37-33+. The third-order valence-electron chi connectivity index (χ3n) is 9.97. The van der Waals surface area contributed by atoms with E-state index in [0.29, 0.717) is 19.4 Å². The molecule has 0 rings (SSSR count). The SMILES string of the molecule is CCCCCCCCCCC/C=C/C(O)C(CO)NC(=O)CCCCCCC/C=C\CCCCCOC(=O)CCCCCCCCCCCCC. The van der Waals surface area contributed by atoms with E-state index < -0.39 is 12.1 Å². The molecule has 0 saturated carbocycles. The number of allylic oxidation sites excluding steroid dienone is 3. The molecule has 1 amide bonds. The van der Waals surface area contributed by atoms with Crippen LogP contribution in [0.25, 0.3) is 0 Å². The number of carbonyl (C=O) groups is 2. The summed E-state index contributed by atoms with van der Waals surface area (Å²) in [7, 11) is 0. The molecule has 0 heterocycles. The van der Waals surface area contributed by atoms with Gasteiger partial charge in [-0.2, -0.15) is 0 Å². The highest BCUT2D eigenvalue weighted by atomic mass is 16.5. The maximum Gasteiger partial charge on any atom is 0.305 e. The molecule has 0 aromatic carbocycles. The van der Waals surface area contributed by atoms with Crippen molar-refractivity contribution in [2.24, 2.45) is 0 Å². The van der Waals surface area contributed by atoms with Gasteiger partial charge in [0.1, 0.15) is 0 Å². The van der Waals surface area contributed by atoms with E-state index in [0.717, 1.165) is 83.5 Å². The molecule has 3 N–H and O–H groups in total. The number of carbonyl (C=O) groups excluding carboxylic acids is 2. The molecule has 2 atom stereocenters. The van der Waals surface area contributed by atoms with Crippen molar-refractivity contribution in [2.75, 3.05) is 13.2 Å². The fraction of sp³-hybridized carbons (Fsp3) is 0.867. The molecule has 0 fully saturated rings. The highest BCUT2D eigenvalue weighted by Crippen LogP contribution is 2.14. The van der Waals surface area contributed by atoms with Gasteiger partial charge in [0, 0.05) is 12.8 Å². The monoisotopic (exact) mass is 720 g/mol. The highest BCUT2D eigenvalue weighted by Gasteiger charge is 2.18. The van der Waals surface area contributed by atoms with Crippen molar-refractivity contribution in [3.63, 3.8) is 0 Å². The fourth-order valence-corrected chi connectivity index (χ4v) is 6.51. The number of aliphatic hydroxyl groups is 2. The highest BCUT2D eigenvalue weighted by molar-refractivity contribution is 5.76. The van der Waals surface area contributed by atoms with Gasteiger partial charge >= 0.3 is 5.97 Å². The summed E-state index contributed by atoms with van der Waals surface area (Å²) < 4.78 is 5.41. The van der Waals surface area contributed by atoms with Crippen LogP contribution in [0.3, 0.4) is 0 Å². The van der Waals surface area contributed by atoms with E-state index in [9.17, 15) is 19.8 Å². The van der Waals surface area contributed by atoms with Crippen molar-refractivity contribution in [1.29, 1.82) is 0 Å². The van der Waals surface area contributed by atoms with Crippen LogP contribution in [0, 0.1) is 0 Å². The molecule has 0 aliphatic carbocycles. The normalized spacial score (nSPS) is 12.9. The van der Waals surface area contributed by atoms with Crippen molar-refractivity contribution in [3.8, 4) is 0 Å². The molecule has 0 bridgehead atoms. The van der Waals surface area contributed by atoms with Crippen molar-refractivity contribution >= 4 is 11.9 Å². The molecule has 0 aromatic rings. The second-order valence-electron chi connectivity index (χ2n) is 15.0. The number of ether oxygens (including phenoxy) is 1. The first-order valence-electron chi connectivity index (χ1n) is 22.1. The lowest BCUT2D eigenvalue weighted by atomic mass is 10.1. The molecule has 0 aliphatic heterocycles. The van der Waals surface area contributed by atoms with Crippen LogP contribution in [0.1, 0.15) is 226 Å². The Bertz CT molecular complexity index is 797. The minimum Gasteiger partial charge on any atom is -0.466 e. The smallest absolute Gasteiger partial charge is 0.305 e. The molecule has 300 valence electrons. The summed E-state index contributed by atoms with van der Waals surface area (Å²) in [6, 6.07) is -0.643. The van der Waals surface area contributed by atoms with E-state index in [1.54, 1.807) is 6.08 Å². The van der Waals surface area contributed by atoms with Gasteiger partial charge in [0.2, 0.25) is 5.91 Å². The molecule has 0 spiro atoms. The number of unbranched alkanes of at least 4 members (excludes halogenated alkanes) is 27. The molecule has 0 aliphatic rings. The molecule has 0 aromatic heterocycles. The van der Waals surface area contributed by atoms with Gasteiger partial charge < -0.3 is 20.3 Å². The van der Waals surface area contributed by atoms with E-state index in [1.165, 1.54) is 116 Å². The van der Waals surface area contributed by atoms with Gasteiger partial charge in [-0.3, -0.25) is 9.59 Å². The number of rotatable bonds is 40. The van der Waals surface area contributed by atoms with Gasteiger partial charge in [0.15, 0.2) is 0 Å². The lowest BCUT2D eigenvalue weighted by Gasteiger charge is -2.20. The average molecular weight is 720 g/mol. The van der Waals surface area contributed by atoms with Crippen molar-refractivity contribution in [3.05, 3.63) is 24.3 Å². The van der Waals surface area contributed by atoms with Crippen LogP contribution in [0.4, 0.5) is 0 Å². The molecule has 6 heteroatoms. The summed E-state index contributed by atoms with van der Waals surface area (Å²) >= 11 is 0. The summed E-state index contributed by atoms with van der Waals surface area (Å²) in [5.74, 6) is -0.122. The number of esters is 1. The minimum absolute atomic E-state index is 0.0258. The fourth-order valence-electron chi connectivity index (χ4n) is 6.51. The van der Waals surface area contributed by atoms with Crippen LogP contribution >= 0.6 is 0 Å². The summed E-state index contributed by atoms with van der Waals surface area (Å²) in [5.41, 5.74) is 0. The first-order chi connectivity index (χ1) is 25.0. The topological polar surface area (TPSA) is 95.9 Å². The van der Waals surface area contributed by atoms with E-state index in [2.05, 4.69) is 31.3 Å². The molecule has 0 saturated heterocycles. The second kappa shape index (κ2) is 41.1. The number of amides is 1. The Kier molecular flexibility index (Phi) is 39.8. The van der Waals surface area contributed by atoms with Crippen LogP contribution in [-0.4, -0.2) is 47.4 Å². The maximum atomic E-state index is 12.3. The minimum atomic E-state index is -0.857. The summed E-state index contributed by atoms with van der Waals surface area (Å²) in [6.07, 6.45) is 45.9. The Morgan fingerprint density at radius 3 is 1.39 bits per heavy atom. The lowest BCUT2D eigenvalue weighted by Crippen LogP contribution is -2.45. The largest absolute Gasteiger partial charge is 0.466 e. The Balaban J connectivity index is 3.56. The molecular formula is C45H85NO5. The van der Waals surface area contributed by atoms with Crippen LogP contribution in [0.2, 0.25) is 0 Å². The number of hydrogen-bond donors (Lipinski definition) is 3. The van der Waals surface area contributed by atoms with Gasteiger partial charge in [-0.15, -0.1) is 0 Å². The van der Waals surface area contributed by atoms with Gasteiger partial charge in [0.25, 0.3) is 0 Å². The first-order valence-corrected chi connectivity index (χ1v) is 22.1. The summed E-state index contributed by atoms with van der Waals surface area (Å²) in [6.45, 7) is 4.81. The van der Waals surface area contributed by atoms with Gasteiger partial charge in [-0.05, 0) is 64.2 Å². The van der Waals surface area contributed by atoms with E-state index in [4.69, 9.17) is 4.74 Å². The Morgan fingerprint density at radius 1 is 0.529 bits per heavy atom. The average Bonchev–Trinajstić information content (AvgIpc) is 3.13. The molecule has 51 heavy (non-hydrogen) atoms. The molecule has 6 nitrogen and oxygen atoms in total. The van der Waals surface area contributed by atoms with E-state index in [1.807, 2.05) is 6.08 Å². The predicted octanol–water partition coefficient (Wildman–Crippen LogP) is 12.4. The summed E-state index contributed by atoms with van der Waals surface area (Å²) in [5, 5.41) is 22.9. The van der Waals surface area contributed by atoms with Crippen LogP contribution in [-0.2, 0) is 14.3 Å². The summed E-state index contributed by atoms with van der Waals surface area (Å²) in [4.78, 5) is 24.3. The van der Waals surface area contributed by atoms with Gasteiger partial charge in [-0.1, -0.05) is 173 Å². The van der Waals surface area contributed by atoms with Crippen molar-refractivity contribution < 1.29 is 24.5 Å². The molecule has 0 radical (unpaired) electrons. The lowest BCUT2D eigenvalue weighted by molar-refractivity contribution is -0.143. The third kappa shape index (κ3) is 37.9. The zero-order valence-corrected chi connectivity index (χ0v) is 33.8. The Hall–Kier alpha value is -1.66. The van der Waals surface area contributed by atoms with E-state index in [-0.39, 0.29) is 18.5 Å². The quantitative estimate of drug-likeness (QED) is 0.0333. The molecular weight excluding hydrogens is 634 g/mol. The third-order valence-corrected chi connectivity index (χ3v) is 9.97. The van der Waals surface area contributed by atoms with Crippen LogP contribution in [0.5, 0.6) is 0 Å². The maximum absolute atomic E-state index is 12.3. The van der Waals surface area contributed by atoms with Crippen LogP contribution in [0.15, 0.2) is 24.3 Å². The zero-order chi connectivity index (χ0) is 37.3. The van der Waals surface area contributed by atoms with Crippen molar-refractivity contribution in [2.45, 2.75) is 238 Å². The predicted molar refractivity (Wildman–Crippen MR) is 218 cm³/mol. The molecule has 2 unspecified atom stereocenters. The number of hydrogen-bond acceptors (Lipinski definition) is 5. The number of aliphatic hydroxyl groups excluding tert-OH is 2. The van der Waals surface area contributed by atoms with Crippen molar-refractivity contribution in [1.82, 2.24) is 5.32 Å². The Labute approximate surface area is 316 Å². The van der Waals surface area contributed by atoms with E-state index >= 15 is 0 Å². The second-order valence-corrected chi connectivity index (χ2v) is 15.0. The first kappa shape index (κ1) is 49.3. The zero-order valence-electron chi connectivity index (χ0n) is 33.8. The number of nitrogens with one attached hydrogen (secondary N) is 1. The van der Waals surface area contributed by atoms with Gasteiger partial charge in [0.05, 0.1) is 25.4 Å².